The topological polar surface area (TPSA) is 65.1 Å². The maximum atomic E-state index is 12.1. The molecule has 21 heavy (non-hydrogen) atoms. The van der Waals surface area contributed by atoms with Gasteiger partial charge in [-0.05, 0) is 47.0 Å². The Bertz CT molecular complexity index is 762. The van der Waals surface area contributed by atoms with E-state index in [0.717, 1.165) is 22.0 Å². The number of hydrogen-bond donors (Lipinski definition) is 3. The molecule has 5 heteroatoms. The minimum absolute atomic E-state index is 0.198. The number of carbonyl (C=O) groups excluding carboxylic acids is 1. The first-order valence-electron chi connectivity index (χ1n) is 6.71. The maximum absolute atomic E-state index is 12.1. The van der Waals surface area contributed by atoms with Gasteiger partial charge in [-0.3, -0.25) is 4.79 Å². The molecular weight excluding hydrogens is 284 g/mol. The Labute approximate surface area is 126 Å². The summed E-state index contributed by atoms with van der Waals surface area (Å²) < 4.78 is 0. The van der Waals surface area contributed by atoms with Gasteiger partial charge in [0.15, 0.2) is 0 Å². The van der Waals surface area contributed by atoms with E-state index in [2.05, 4.69) is 10.3 Å². The van der Waals surface area contributed by atoms with Gasteiger partial charge in [0.05, 0.1) is 6.10 Å². The second kappa shape index (κ2) is 5.71. The van der Waals surface area contributed by atoms with Gasteiger partial charge in [0.2, 0.25) is 0 Å². The van der Waals surface area contributed by atoms with Crippen molar-refractivity contribution >= 4 is 28.1 Å². The smallest absolute Gasteiger partial charge is 0.267 e. The van der Waals surface area contributed by atoms with Crippen molar-refractivity contribution in [2.75, 3.05) is 6.54 Å². The lowest BCUT2D eigenvalue weighted by molar-refractivity contribution is 0.0912. The van der Waals surface area contributed by atoms with Crippen molar-refractivity contribution in [1.82, 2.24) is 10.3 Å². The van der Waals surface area contributed by atoms with Crippen LogP contribution in [0.3, 0.4) is 0 Å². The number of carbonyl (C=O) groups is 1. The lowest BCUT2D eigenvalue weighted by Gasteiger charge is -2.09. The van der Waals surface area contributed by atoms with Gasteiger partial charge in [0, 0.05) is 17.4 Å². The van der Waals surface area contributed by atoms with E-state index in [-0.39, 0.29) is 12.5 Å². The summed E-state index contributed by atoms with van der Waals surface area (Å²) >= 11 is 1.52. The highest BCUT2D eigenvalue weighted by Gasteiger charge is 2.13. The summed E-state index contributed by atoms with van der Waals surface area (Å²) in [6.45, 7) is 2.21. The van der Waals surface area contributed by atoms with E-state index in [1.807, 2.05) is 48.0 Å². The van der Waals surface area contributed by atoms with E-state index < -0.39 is 6.10 Å². The monoisotopic (exact) mass is 300 g/mol. The normalized spacial score (nSPS) is 12.5. The van der Waals surface area contributed by atoms with Crippen LogP contribution in [0.4, 0.5) is 0 Å². The maximum Gasteiger partial charge on any atom is 0.267 e. The predicted molar refractivity (Wildman–Crippen MR) is 84.6 cm³/mol. The summed E-state index contributed by atoms with van der Waals surface area (Å²) in [5, 5.41) is 17.5. The van der Waals surface area contributed by atoms with Crippen LogP contribution < -0.4 is 5.32 Å². The molecule has 2 aromatic heterocycles. The molecule has 3 aromatic rings. The van der Waals surface area contributed by atoms with Crippen LogP contribution in [0.5, 0.6) is 0 Å². The number of rotatable bonds is 4. The molecule has 108 valence electrons. The highest BCUT2D eigenvalue weighted by atomic mass is 32.1. The zero-order chi connectivity index (χ0) is 14.8. The average molecular weight is 300 g/mol. The van der Waals surface area contributed by atoms with E-state index in [1.165, 1.54) is 11.3 Å². The van der Waals surface area contributed by atoms with Crippen LogP contribution in [0.2, 0.25) is 0 Å². The highest BCUT2D eigenvalue weighted by molar-refractivity contribution is 7.07. The van der Waals surface area contributed by atoms with Crippen molar-refractivity contribution in [2.45, 2.75) is 13.0 Å². The Hall–Kier alpha value is -2.11. The van der Waals surface area contributed by atoms with Gasteiger partial charge >= 0.3 is 0 Å². The van der Waals surface area contributed by atoms with E-state index in [4.69, 9.17) is 0 Å². The number of fused-ring (bicyclic) bond motifs is 1. The fourth-order valence-electron chi connectivity index (χ4n) is 2.23. The van der Waals surface area contributed by atoms with Crippen LogP contribution in [-0.2, 0) is 0 Å². The summed E-state index contributed by atoms with van der Waals surface area (Å²) in [6.07, 6.45) is -0.674. The number of H-pyrrole nitrogens is 1. The van der Waals surface area contributed by atoms with E-state index in [0.29, 0.717) is 5.69 Å². The first-order chi connectivity index (χ1) is 10.1. The molecule has 1 amide bonds. The molecule has 0 aliphatic rings. The van der Waals surface area contributed by atoms with E-state index in [1.54, 1.807) is 0 Å². The molecule has 1 atom stereocenters. The second-order valence-electron chi connectivity index (χ2n) is 5.06. The average Bonchev–Trinajstić information content (AvgIpc) is 3.12. The lowest BCUT2D eigenvalue weighted by Crippen LogP contribution is -2.28. The van der Waals surface area contributed by atoms with Gasteiger partial charge in [-0.25, -0.2) is 0 Å². The van der Waals surface area contributed by atoms with Gasteiger partial charge in [-0.15, -0.1) is 0 Å². The molecule has 0 spiro atoms. The molecule has 0 aliphatic heterocycles. The largest absolute Gasteiger partial charge is 0.387 e. The number of aromatic nitrogens is 1. The molecule has 3 rings (SSSR count). The quantitative estimate of drug-likeness (QED) is 0.693. The van der Waals surface area contributed by atoms with Gasteiger partial charge in [0.1, 0.15) is 5.69 Å². The molecule has 0 bridgehead atoms. The van der Waals surface area contributed by atoms with Crippen LogP contribution >= 0.6 is 11.3 Å². The summed E-state index contributed by atoms with van der Waals surface area (Å²) in [6, 6.07) is 9.68. The molecule has 0 fully saturated rings. The lowest BCUT2D eigenvalue weighted by atomic mass is 10.2. The number of thiophene rings is 1. The molecule has 0 radical (unpaired) electrons. The van der Waals surface area contributed by atoms with Crippen molar-refractivity contribution in [1.29, 1.82) is 0 Å². The molecule has 2 heterocycles. The predicted octanol–water partition coefficient (Wildman–Crippen LogP) is 3.00. The van der Waals surface area contributed by atoms with Crippen LogP contribution in [0, 0.1) is 6.92 Å². The Balaban J connectivity index is 1.69. The summed E-state index contributed by atoms with van der Waals surface area (Å²) in [5.74, 6) is -0.210. The molecule has 3 N–H and O–H groups in total. The number of nitrogens with one attached hydrogen (secondary N) is 2. The number of aliphatic hydroxyl groups excluding tert-OH is 1. The van der Waals surface area contributed by atoms with Gasteiger partial charge in [-0.1, -0.05) is 12.1 Å². The molecule has 0 saturated heterocycles. The second-order valence-corrected chi connectivity index (χ2v) is 5.84. The van der Waals surface area contributed by atoms with Crippen molar-refractivity contribution in [3.63, 3.8) is 0 Å². The Morgan fingerprint density at radius 1 is 1.38 bits per heavy atom. The zero-order valence-electron chi connectivity index (χ0n) is 11.6. The molecule has 1 aromatic carbocycles. The fourth-order valence-corrected chi connectivity index (χ4v) is 2.94. The third-order valence-electron chi connectivity index (χ3n) is 3.41. The number of amides is 1. The summed E-state index contributed by atoms with van der Waals surface area (Å²) in [7, 11) is 0. The fraction of sp³-hybridized carbons (Fsp3) is 0.188. The molecule has 0 aliphatic carbocycles. The Kier molecular flexibility index (Phi) is 3.77. The molecule has 4 nitrogen and oxygen atoms in total. The van der Waals surface area contributed by atoms with Gasteiger partial charge < -0.3 is 15.4 Å². The number of aromatic amines is 1. The number of aliphatic hydroxyl groups is 1. The first-order valence-corrected chi connectivity index (χ1v) is 7.65. The van der Waals surface area contributed by atoms with Gasteiger partial charge in [0.25, 0.3) is 5.91 Å². The standard InChI is InChI=1S/C16H16N2O2S/c1-10-2-3-11-7-14(18-13(11)6-10)16(20)17-8-15(19)12-4-5-21-9-12/h2-7,9,15,18-19H,8H2,1H3,(H,17,20). The third kappa shape index (κ3) is 2.99. The van der Waals surface area contributed by atoms with Crippen LogP contribution in [0.15, 0.2) is 41.1 Å². The zero-order valence-corrected chi connectivity index (χ0v) is 12.4. The van der Waals surface area contributed by atoms with Crippen molar-refractivity contribution in [3.8, 4) is 0 Å². The van der Waals surface area contributed by atoms with Crippen molar-refractivity contribution < 1.29 is 9.90 Å². The Morgan fingerprint density at radius 3 is 3.00 bits per heavy atom. The van der Waals surface area contributed by atoms with Gasteiger partial charge in [-0.2, -0.15) is 11.3 Å². The van der Waals surface area contributed by atoms with Crippen molar-refractivity contribution in [2.24, 2.45) is 0 Å². The van der Waals surface area contributed by atoms with Crippen molar-refractivity contribution in [3.05, 3.63) is 57.9 Å². The third-order valence-corrected chi connectivity index (χ3v) is 4.11. The van der Waals surface area contributed by atoms with E-state index in [9.17, 15) is 9.90 Å². The van der Waals surface area contributed by atoms with Crippen LogP contribution in [0.25, 0.3) is 10.9 Å². The summed E-state index contributed by atoms with van der Waals surface area (Å²) in [4.78, 5) is 15.2. The van der Waals surface area contributed by atoms with E-state index >= 15 is 0 Å². The number of aryl methyl sites for hydroxylation is 1. The molecule has 1 unspecified atom stereocenters. The summed E-state index contributed by atoms with van der Waals surface area (Å²) in [5.41, 5.74) is 3.42. The Morgan fingerprint density at radius 2 is 2.24 bits per heavy atom. The first kappa shape index (κ1) is 13.9. The molecule has 0 saturated carbocycles. The highest BCUT2D eigenvalue weighted by Crippen LogP contribution is 2.18. The van der Waals surface area contributed by atoms with Crippen LogP contribution in [0.1, 0.15) is 27.7 Å². The van der Waals surface area contributed by atoms with Crippen LogP contribution in [-0.4, -0.2) is 22.5 Å². The molecular formula is C16H16N2O2S. The minimum atomic E-state index is -0.674. The minimum Gasteiger partial charge on any atom is -0.387 e. The number of hydrogen-bond acceptors (Lipinski definition) is 3. The number of benzene rings is 1. The SMILES string of the molecule is Cc1ccc2cc(C(=O)NCC(O)c3ccsc3)[nH]c2c1.